The lowest BCUT2D eigenvalue weighted by molar-refractivity contribution is -0.139. The summed E-state index contributed by atoms with van der Waals surface area (Å²) >= 11 is 6.11. The van der Waals surface area contributed by atoms with E-state index in [1.165, 1.54) is 0 Å². The van der Waals surface area contributed by atoms with Gasteiger partial charge in [-0.25, -0.2) is 4.98 Å². The number of ether oxygens (including phenoxy) is 1. The zero-order valence-electron chi connectivity index (χ0n) is 15.1. The highest BCUT2D eigenvalue weighted by Gasteiger charge is 2.30. The molecule has 1 aliphatic rings. The van der Waals surface area contributed by atoms with Gasteiger partial charge in [0.2, 0.25) is 0 Å². The lowest BCUT2D eigenvalue weighted by Gasteiger charge is -2.32. The van der Waals surface area contributed by atoms with Crippen molar-refractivity contribution in [2.75, 3.05) is 13.1 Å². The van der Waals surface area contributed by atoms with E-state index < -0.39 is 6.10 Å². The van der Waals surface area contributed by atoms with Crippen molar-refractivity contribution in [3.8, 4) is 5.75 Å². The lowest BCUT2D eigenvalue weighted by Crippen LogP contribution is -2.44. The van der Waals surface area contributed by atoms with E-state index in [-0.39, 0.29) is 11.8 Å². The van der Waals surface area contributed by atoms with Crippen molar-refractivity contribution in [1.29, 1.82) is 0 Å². The number of piperidine rings is 1. The molecule has 0 bridgehead atoms. The van der Waals surface area contributed by atoms with Crippen molar-refractivity contribution in [2.45, 2.75) is 31.8 Å². The Balaban J connectivity index is 1.36. The number of aromatic nitrogens is 1. The van der Waals surface area contributed by atoms with Gasteiger partial charge in [-0.2, -0.15) is 0 Å². The summed E-state index contributed by atoms with van der Waals surface area (Å²) < 4.78 is 11.6. The maximum absolute atomic E-state index is 12.7. The molecule has 1 atom stereocenters. The maximum atomic E-state index is 12.7. The Morgan fingerprint density at radius 2 is 1.89 bits per heavy atom. The molecule has 6 heteroatoms. The number of halogens is 1. The molecule has 5 nitrogen and oxygen atoms in total. The second-order valence-electron chi connectivity index (χ2n) is 6.81. The van der Waals surface area contributed by atoms with E-state index in [4.69, 9.17) is 20.8 Å². The molecule has 3 aromatic rings. The fourth-order valence-electron chi connectivity index (χ4n) is 3.45. The fraction of sp³-hybridized carbons (Fsp3) is 0.333. The van der Waals surface area contributed by atoms with Crippen molar-refractivity contribution in [3.63, 3.8) is 0 Å². The minimum absolute atomic E-state index is 0.0223. The quantitative estimate of drug-likeness (QED) is 0.656. The molecule has 1 fully saturated rings. The largest absolute Gasteiger partial charge is 0.479 e. The first-order chi connectivity index (χ1) is 13.1. The Labute approximate surface area is 162 Å². The van der Waals surface area contributed by atoms with Crippen LogP contribution in [0.4, 0.5) is 0 Å². The second-order valence-corrected chi connectivity index (χ2v) is 7.22. The summed E-state index contributed by atoms with van der Waals surface area (Å²) in [5.41, 5.74) is 1.69. The number of hydrogen-bond donors (Lipinski definition) is 0. The van der Waals surface area contributed by atoms with E-state index in [0.29, 0.717) is 23.9 Å². The molecule has 1 saturated heterocycles. The van der Waals surface area contributed by atoms with E-state index in [2.05, 4.69) is 4.98 Å². The third kappa shape index (κ3) is 3.78. The zero-order valence-corrected chi connectivity index (χ0v) is 15.9. The first-order valence-corrected chi connectivity index (χ1v) is 9.55. The standard InChI is InChI=1S/C21H21ClN2O3/c1-14(26-18-8-4-2-6-16(18)22)21(25)24-12-10-15(11-13-24)20-23-17-7-3-5-9-19(17)27-20/h2-9,14-15H,10-13H2,1H3/t14-/m0/s1. The number of oxazole rings is 1. The Bertz CT molecular complexity index is 914. The average Bonchev–Trinajstić information content (AvgIpc) is 3.13. The molecule has 0 aliphatic carbocycles. The van der Waals surface area contributed by atoms with Gasteiger partial charge in [-0.3, -0.25) is 4.79 Å². The van der Waals surface area contributed by atoms with Crippen LogP contribution < -0.4 is 4.74 Å². The molecule has 0 saturated carbocycles. The van der Waals surface area contributed by atoms with Crippen LogP contribution in [0.1, 0.15) is 31.6 Å². The molecule has 140 valence electrons. The van der Waals surface area contributed by atoms with Crippen molar-refractivity contribution < 1.29 is 13.9 Å². The lowest BCUT2D eigenvalue weighted by atomic mass is 9.96. The van der Waals surface area contributed by atoms with Crippen LogP contribution in [0, 0.1) is 0 Å². The molecule has 0 spiro atoms. The minimum atomic E-state index is -0.578. The van der Waals surface area contributed by atoms with Crippen LogP contribution in [0.5, 0.6) is 5.75 Å². The summed E-state index contributed by atoms with van der Waals surface area (Å²) in [6.07, 6.45) is 1.08. The molecule has 0 unspecified atom stereocenters. The number of likely N-dealkylation sites (tertiary alicyclic amines) is 1. The van der Waals surface area contributed by atoms with Gasteiger partial charge in [0.1, 0.15) is 11.3 Å². The molecule has 0 radical (unpaired) electrons. The first kappa shape index (κ1) is 17.9. The molecule has 2 heterocycles. The number of amides is 1. The van der Waals surface area contributed by atoms with E-state index >= 15 is 0 Å². The Kier molecular flexibility index (Phi) is 5.03. The van der Waals surface area contributed by atoms with Gasteiger partial charge in [0.15, 0.2) is 17.6 Å². The van der Waals surface area contributed by atoms with Gasteiger partial charge in [0.05, 0.1) is 5.02 Å². The molecule has 2 aromatic carbocycles. The number of carbonyl (C=O) groups excluding carboxylic acids is 1. The highest BCUT2D eigenvalue weighted by Crippen LogP contribution is 2.30. The van der Waals surface area contributed by atoms with Crippen LogP contribution >= 0.6 is 11.6 Å². The fourth-order valence-corrected chi connectivity index (χ4v) is 3.63. The molecule has 27 heavy (non-hydrogen) atoms. The predicted molar refractivity (Wildman–Crippen MR) is 104 cm³/mol. The van der Waals surface area contributed by atoms with Crippen LogP contribution in [0.3, 0.4) is 0 Å². The summed E-state index contributed by atoms with van der Waals surface area (Å²) in [7, 11) is 0. The third-order valence-corrected chi connectivity index (χ3v) is 5.27. The van der Waals surface area contributed by atoms with Crippen LogP contribution in [-0.2, 0) is 4.79 Å². The highest BCUT2D eigenvalue weighted by atomic mass is 35.5. The number of carbonyl (C=O) groups is 1. The molecule has 1 amide bonds. The monoisotopic (exact) mass is 384 g/mol. The summed E-state index contributed by atoms with van der Waals surface area (Å²) in [4.78, 5) is 19.2. The summed E-state index contributed by atoms with van der Waals surface area (Å²) in [5, 5.41) is 0.506. The van der Waals surface area contributed by atoms with Crippen molar-refractivity contribution in [1.82, 2.24) is 9.88 Å². The topological polar surface area (TPSA) is 55.6 Å². The smallest absolute Gasteiger partial charge is 0.263 e. The molecule has 1 aliphatic heterocycles. The van der Waals surface area contributed by atoms with Crippen molar-refractivity contribution in [3.05, 3.63) is 59.4 Å². The zero-order chi connectivity index (χ0) is 18.8. The van der Waals surface area contributed by atoms with E-state index in [9.17, 15) is 4.79 Å². The number of fused-ring (bicyclic) bond motifs is 1. The number of benzene rings is 2. The van der Waals surface area contributed by atoms with E-state index in [1.807, 2.05) is 41.3 Å². The van der Waals surface area contributed by atoms with Crippen molar-refractivity contribution in [2.24, 2.45) is 0 Å². The van der Waals surface area contributed by atoms with Gasteiger partial charge in [-0.05, 0) is 44.0 Å². The van der Waals surface area contributed by atoms with Crippen LogP contribution in [0.15, 0.2) is 52.9 Å². The second kappa shape index (κ2) is 7.61. The van der Waals surface area contributed by atoms with Gasteiger partial charge in [0.25, 0.3) is 5.91 Å². The summed E-state index contributed by atoms with van der Waals surface area (Å²) in [5.74, 6) is 1.51. The molecule has 0 N–H and O–H groups in total. The SMILES string of the molecule is C[C@H](Oc1ccccc1Cl)C(=O)N1CCC(c2nc3ccccc3o2)CC1. The Morgan fingerprint density at radius 1 is 1.19 bits per heavy atom. The van der Waals surface area contributed by atoms with Gasteiger partial charge < -0.3 is 14.1 Å². The number of nitrogens with zero attached hydrogens (tertiary/aromatic N) is 2. The highest BCUT2D eigenvalue weighted by molar-refractivity contribution is 6.32. The molecular weight excluding hydrogens is 364 g/mol. The van der Waals surface area contributed by atoms with Gasteiger partial charge in [-0.15, -0.1) is 0 Å². The van der Waals surface area contributed by atoms with Crippen LogP contribution in [0.2, 0.25) is 5.02 Å². The van der Waals surface area contributed by atoms with Crippen LogP contribution in [-0.4, -0.2) is 35.0 Å². The first-order valence-electron chi connectivity index (χ1n) is 9.17. The predicted octanol–water partition coefficient (Wildman–Crippen LogP) is 4.65. The van der Waals surface area contributed by atoms with Gasteiger partial charge in [0, 0.05) is 19.0 Å². The number of hydrogen-bond acceptors (Lipinski definition) is 4. The maximum Gasteiger partial charge on any atom is 0.263 e. The summed E-state index contributed by atoms with van der Waals surface area (Å²) in [6, 6.07) is 15.0. The Morgan fingerprint density at radius 3 is 2.63 bits per heavy atom. The van der Waals surface area contributed by atoms with E-state index in [1.54, 1.807) is 19.1 Å². The van der Waals surface area contributed by atoms with E-state index in [0.717, 1.165) is 29.8 Å². The van der Waals surface area contributed by atoms with Gasteiger partial charge >= 0.3 is 0 Å². The molecule has 4 rings (SSSR count). The average molecular weight is 385 g/mol. The molecule has 1 aromatic heterocycles. The number of para-hydroxylation sites is 3. The third-order valence-electron chi connectivity index (χ3n) is 4.95. The number of rotatable bonds is 4. The van der Waals surface area contributed by atoms with Gasteiger partial charge in [-0.1, -0.05) is 35.9 Å². The van der Waals surface area contributed by atoms with Crippen molar-refractivity contribution >= 4 is 28.6 Å². The Hall–Kier alpha value is -2.53. The van der Waals surface area contributed by atoms with Crippen LogP contribution in [0.25, 0.3) is 11.1 Å². The minimum Gasteiger partial charge on any atom is -0.479 e. The molecular formula is C21H21ClN2O3. The summed E-state index contributed by atoms with van der Waals surface area (Å²) in [6.45, 7) is 3.09. The normalized spacial score (nSPS) is 16.4.